The second-order valence-corrected chi connectivity index (χ2v) is 5.72. The van der Waals surface area contributed by atoms with E-state index in [1.807, 2.05) is 13.0 Å². The molecular weight excluding hydrogens is 241 g/mol. The molecule has 0 radical (unpaired) electrons. The van der Waals surface area contributed by atoms with E-state index in [4.69, 9.17) is 0 Å². The summed E-state index contributed by atoms with van der Waals surface area (Å²) in [4.78, 5) is 0. The lowest BCUT2D eigenvalue weighted by Gasteiger charge is -2.19. The van der Waals surface area contributed by atoms with Crippen molar-refractivity contribution in [1.82, 2.24) is 5.32 Å². The first-order chi connectivity index (χ1) is 9.15. The monoisotopic (exact) mass is 265 g/mol. The van der Waals surface area contributed by atoms with E-state index < -0.39 is 0 Å². The maximum atomic E-state index is 13.1. The molecule has 1 aliphatic rings. The average molecular weight is 265 g/mol. The highest BCUT2D eigenvalue weighted by atomic mass is 19.1. The van der Waals surface area contributed by atoms with Crippen molar-refractivity contribution >= 4 is 0 Å². The molecule has 106 valence electrons. The minimum absolute atomic E-state index is 0.0638. The predicted octanol–water partition coefficient (Wildman–Crippen LogP) is 3.42. The molecule has 1 aromatic carbocycles. The first-order valence-electron chi connectivity index (χ1n) is 7.32. The predicted molar refractivity (Wildman–Crippen MR) is 75.4 cm³/mol. The van der Waals surface area contributed by atoms with E-state index in [9.17, 15) is 9.50 Å². The van der Waals surface area contributed by atoms with Gasteiger partial charge in [-0.15, -0.1) is 0 Å². The van der Waals surface area contributed by atoms with Gasteiger partial charge in [-0.05, 0) is 37.0 Å². The number of nitrogens with one attached hydrogen (secondary N) is 1. The molecule has 2 rings (SSSR count). The van der Waals surface area contributed by atoms with Crippen molar-refractivity contribution in [3.05, 3.63) is 35.6 Å². The summed E-state index contributed by atoms with van der Waals surface area (Å²) in [5.74, 6) is 0.485. The van der Waals surface area contributed by atoms with Gasteiger partial charge in [0.25, 0.3) is 0 Å². The molecule has 1 aromatic rings. The Hall–Kier alpha value is -0.930. The SMILES string of the molecule is C[C@@H](NCC(O)CC1CCCC1)c1cccc(F)c1. The molecule has 1 saturated carbocycles. The molecule has 0 amide bonds. The van der Waals surface area contributed by atoms with Crippen molar-refractivity contribution in [2.45, 2.75) is 51.2 Å². The van der Waals surface area contributed by atoms with Crippen molar-refractivity contribution in [2.75, 3.05) is 6.54 Å². The summed E-state index contributed by atoms with van der Waals surface area (Å²) >= 11 is 0. The fraction of sp³-hybridized carbons (Fsp3) is 0.625. The van der Waals surface area contributed by atoms with Crippen molar-refractivity contribution < 1.29 is 9.50 Å². The molecule has 2 N–H and O–H groups in total. The first kappa shape index (κ1) is 14.5. The minimum atomic E-state index is -0.292. The number of hydrogen-bond acceptors (Lipinski definition) is 2. The summed E-state index contributed by atoms with van der Waals surface area (Å²) in [6.45, 7) is 2.57. The van der Waals surface area contributed by atoms with Crippen LogP contribution in [0.1, 0.15) is 50.6 Å². The zero-order valence-electron chi connectivity index (χ0n) is 11.6. The standard InChI is InChI=1S/C16H24FNO/c1-12(14-7-4-8-15(17)10-14)18-11-16(19)9-13-5-2-3-6-13/h4,7-8,10,12-13,16,18-19H,2-3,5-6,9,11H2,1H3/t12-,16?/m1/s1. The molecule has 2 atom stereocenters. The third kappa shape index (κ3) is 4.59. The van der Waals surface area contributed by atoms with E-state index in [0.717, 1.165) is 12.0 Å². The topological polar surface area (TPSA) is 32.3 Å². The molecule has 0 bridgehead atoms. The lowest BCUT2D eigenvalue weighted by molar-refractivity contribution is 0.137. The average Bonchev–Trinajstić information content (AvgIpc) is 2.88. The van der Waals surface area contributed by atoms with Crippen LogP contribution in [0.4, 0.5) is 4.39 Å². The van der Waals surface area contributed by atoms with Gasteiger partial charge in [0, 0.05) is 12.6 Å². The normalized spacial score (nSPS) is 19.5. The summed E-state index contributed by atoms with van der Waals surface area (Å²) in [6.07, 6.45) is 5.74. The van der Waals surface area contributed by atoms with E-state index in [-0.39, 0.29) is 18.0 Å². The van der Waals surface area contributed by atoms with Gasteiger partial charge >= 0.3 is 0 Å². The number of aliphatic hydroxyl groups excluding tert-OH is 1. The van der Waals surface area contributed by atoms with Gasteiger partial charge in [-0.1, -0.05) is 37.8 Å². The van der Waals surface area contributed by atoms with Gasteiger partial charge in [-0.25, -0.2) is 4.39 Å². The fourth-order valence-electron chi connectivity index (χ4n) is 2.92. The van der Waals surface area contributed by atoms with Gasteiger partial charge < -0.3 is 10.4 Å². The number of halogens is 1. The summed E-state index contributed by atoms with van der Waals surface area (Å²) in [6, 6.07) is 6.68. The van der Waals surface area contributed by atoms with E-state index in [2.05, 4.69) is 5.32 Å². The Balaban J connectivity index is 1.74. The highest BCUT2D eigenvalue weighted by Crippen LogP contribution is 2.28. The van der Waals surface area contributed by atoms with Crippen molar-refractivity contribution in [2.24, 2.45) is 5.92 Å². The van der Waals surface area contributed by atoms with Crippen LogP contribution in [0.25, 0.3) is 0 Å². The molecule has 0 saturated heterocycles. The lowest BCUT2D eigenvalue weighted by atomic mass is 9.99. The fourth-order valence-corrected chi connectivity index (χ4v) is 2.92. The zero-order chi connectivity index (χ0) is 13.7. The van der Waals surface area contributed by atoms with Gasteiger partial charge in [0.05, 0.1) is 6.10 Å². The summed E-state index contributed by atoms with van der Waals surface area (Å²) in [5.41, 5.74) is 0.924. The highest BCUT2D eigenvalue weighted by Gasteiger charge is 2.19. The second kappa shape index (κ2) is 7.01. The van der Waals surface area contributed by atoms with Gasteiger partial charge in [0.2, 0.25) is 0 Å². The summed E-state index contributed by atoms with van der Waals surface area (Å²) in [7, 11) is 0. The van der Waals surface area contributed by atoms with Crippen LogP contribution in [0.15, 0.2) is 24.3 Å². The Bertz CT molecular complexity index is 390. The van der Waals surface area contributed by atoms with Crippen molar-refractivity contribution in [3.63, 3.8) is 0 Å². The molecular formula is C16H24FNO. The molecule has 19 heavy (non-hydrogen) atoms. The first-order valence-corrected chi connectivity index (χ1v) is 7.32. The Kier molecular flexibility index (Phi) is 5.34. The van der Waals surface area contributed by atoms with Gasteiger partial charge in [-0.2, -0.15) is 0 Å². The van der Waals surface area contributed by atoms with E-state index >= 15 is 0 Å². The number of hydrogen-bond donors (Lipinski definition) is 2. The molecule has 2 nitrogen and oxygen atoms in total. The zero-order valence-corrected chi connectivity index (χ0v) is 11.6. The van der Waals surface area contributed by atoms with E-state index in [1.54, 1.807) is 12.1 Å². The van der Waals surface area contributed by atoms with Crippen LogP contribution in [0, 0.1) is 11.7 Å². The Morgan fingerprint density at radius 3 is 2.79 bits per heavy atom. The third-order valence-electron chi connectivity index (χ3n) is 4.09. The Labute approximate surface area is 115 Å². The molecule has 0 spiro atoms. The number of rotatable bonds is 6. The molecule has 0 aromatic heterocycles. The second-order valence-electron chi connectivity index (χ2n) is 5.72. The highest BCUT2D eigenvalue weighted by molar-refractivity contribution is 5.19. The molecule has 1 aliphatic carbocycles. The summed E-state index contributed by atoms with van der Waals surface area (Å²) < 4.78 is 13.1. The molecule has 0 heterocycles. The summed E-state index contributed by atoms with van der Waals surface area (Å²) in [5, 5.41) is 13.3. The van der Waals surface area contributed by atoms with Crippen LogP contribution in [0.2, 0.25) is 0 Å². The molecule has 1 unspecified atom stereocenters. The smallest absolute Gasteiger partial charge is 0.123 e. The van der Waals surface area contributed by atoms with Crippen molar-refractivity contribution in [1.29, 1.82) is 0 Å². The van der Waals surface area contributed by atoms with Crippen LogP contribution in [-0.4, -0.2) is 17.8 Å². The lowest BCUT2D eigenvalue weighted by Crippen LogP contribution is -2.30. The van der Waals surface area contributed by atoms with E-state index in [1.165, 1.54) is 31.7 Å². The largest absolute Gasteiger partial charge is 0.392 e. The number of aliphatic hydroxyl groups is 1. The van der Waals surface area contributed by atoms with Gasteiger partial charge in [0.15, 0.2) is 0 Å². The maximum Gasteiger partial charge on any atom is 0.123 e. The molecule has 1 fully saturated rings. The number of benzene rings is 1. The molecule has 0 aliphatic heterocycles. The van der Waals surface area contributed by atoms with Crippen LogP contribution in [-0.2, 0) is 0 Å². The van der Waals surface area contributed by atoms with Crippen LogP contribution in [0.5, 0.6) is 0 Å². The molecule has 3 heteroatoms. The Morgan fingerprint density at radius 1 is 1.37 bits per heavy atom. The van der Waals surface area contributed by atoms with Crippen molar-refractivity contribution in [3.8, 4) is 0 Å². The Morgan fingerprint density at radius 2 is 2.11 bits per heavy atom. The third-order valence-corrected chi connectivity index (χ3v) is 4.09. The van der Waals surface area contributed by atoms with Gasteiger partial charge in [-0.3, -0.25) is 0 Å². The minimum Gasteiger partial charge on any atom is -0.392 e. The van der Waals surface area contributed by atoms with Gasteiger partial charge in [0.1, 0.15) is 5.82 Å². The van der Waals surface area contributed by atoms with Crippen LogP contribution in [0.3, 0.4) is 0 Å². The van der Waals surface area contributed by atoms with E-state index in [0.29, 0.717) is 12.5 Å². The maximum absolute atomic E-state index is 13.1. The quantitative estimate of drug-likeness (QED) is 0.826. The van der Waals surface area contributed by atoms with Crippen LogP contribution < -0.4 is 5.32 Å². The van der Waals surface area contributed by atoms with Crippen LogP contribution >= 0.6 is 0 Å².